The van der Waals surface area contributed by atoms with Crippen LogP contribution in [0.2, 0.25) is 0 Å². The number of halogens is 2. The van der Waals surface area contributed by atoms with Gasteiger partial charge in [-0.2, -0.15) is 0 Å². The van der Waals surface area contributed by atoms with Crippen molar-refractivity contribution in [3.05, 3.63) is 39.7 Å². The third-order valence-electron chi connectivity index (χ3n) is 3.26. The Morgan fingerprint density at radius 2 is 2.25 bits per heavy atom. The normalized spacial score (nSPS) is 18.6. The molecule has 20 heavy (non-hydrogen) atoms. The van der Waals surface area contributed by atoms with Crippen LogP contribution in [-0.4, -0.2) is 33.5 Å². The van der Waals surface area contributed by atoms with Gasteiger partial charge < -0.3 is 5.11 Å². The number of nitro benzene ring substituents is 1. The molecule has 1 heterocycles. The van der Waals surface area contributed by atoms with Crippen molar-refractivity contribution in [2.75, 3.05) is 6.54 Å². The highest BCUT2D eigenvalue weighted by Gasteiger charge is 2.31. The van der Waals surface area contributed by atoms with Crippen molar-refractivity contribution in [2.45, 2.75) is 25.4 Å². The van der Waals surface area contributed by atoms with Crippen molar-refractivity contribution in [3.63, 3.8) is 0 Å². The first-order valence-electron chi connectivity index (χ1n) is 5.88. The number of nitrogens with zero attached hydrogens (tertiary/aromatic N) is 2. The summed E-state index contributed by atoms with van der Waals surface area (Å²) >= 11 is 0. The molecule has 1 saturated heterocycles. The molecule has 8 heteroatoms. The van der Waals surface area contributed by atoms with Gasteiger partial charge in [-0.3, -0.25) is 19.8 Å². The monoisotopic (exact) mass is 304 g/mol. The summed E-state index contributed by atoms with van der Waals surface area (Å²) in [7, 11) is 0. The van der Waals surface area contributed by atoms with Crippen LogP contribution >= 0.6 is 12.4 Å². The van der Waals surface area contributed by atoms with E-state index in [1.54, 1.807) is 4.90 Å². The number of carboxylic acid groups (broad SMARTS) is 1. The number of rotatable bonds is 4. The molecule has 6 nitrogen and oxygen atoms in total. The second-order valence-electron chi connectivity index (χ2n) is 4.50. The second kappa shape index (κ2) is 6.62. The number of carboxylic acids is 1. The molecule has 0 saturated carbocycles. The molecular formula is C12H14ClFN2O4. The molecule has 0 aromatic heterocycles. The molecular weight excluding hydrogens is 291 g/mol. The molecule has 1 atom stereocenters. The van der Waals surface area contributed by atoms with Crippen LogP contribution in [0.5, 0.6) is 0 Å². The van der Waals surface area contributed by atoms with Gasteiger partial charge in [-0.1, -0.05) is 0 Å². The summed E-state index contributed by atoms with van der Waals surface area (Å²) in [5.41, 5.74) is 0.0237. The maximum absolute atomic E-state index is 13.2. The van der Waals surface area contributed by atoms with Gasteiger partial charge in [0.2, 0.25) is 0 Å². The maximum atomic E-state index is 13.2. The summed E-state index contributed by atoms with van der Waals surface area (Å²) in [6, 6.07) is 2.58. The molecule has 1 aliphatic rings. The molecule has 1 fully saturated rings. The zero-order valence-electron chi connectivity index (χ0n) is 10.5. The van der Waals surface area contributed by atoms with E-state index in [0.29, 0.717) is 13.0 Å². The lowest BCUT2D eigenvalue weighted by atomic mass is 10.1. The molecule has 2 rings (SSSR count). The van der Waals surface area contributed by atoms with E-state index in [2.05, 4.69) is 0 Å². The first kappa shape index (κ1) is 16.3. The van der Waals surface area contributed by atoms with Crippen molar-refractivity contribution >= 4 is 24.1 Å². The fourth-order valence-electron chi connectivity index (χ4n) is 2.37. The predicted octanol–water partition coefficient (Wildman–Crippen LogP) is 2.20. The highest BCUT2D eigenvalue weighted by Crippen LogP contribution is 2.25. The zero-order chi connectivity index (χ0) is 14.0. The molecule has 1 aromatic carbocycles. The molecule has 1 N–H and O–H groups in total. The summed E-state index contributed by atoms with van der Waals surface area (Å²) in [6.45, 7) is 0.621. The largest absolute Gasteiger partial charge is 0.480 e. The molecule has 0 radical (unpaired) electrons. The molecule has 0 spiro atoms. The van der Waals surface area contributed by atoms with Gasteiger partial charge in [0.1, 0.15) is 11.9 Å². The lowest BCUT2D eigenvalue weighted by Crippen LogP contribution is -2.35. The fourth-order valence-corrected chi connectivity index (χ4v) is 2.37. The number of benzene rings is 1. The smallest absolute Gasteiger partial charge is 0.320 e. The lowest BCUT2D eigenvalue weighted by molar-refractivity contribution is -0.385. The Morgan fingerprint density at radius 3 is 2.85 bits per heavy atom. The third kappa shape index (κ3) is 3.43. The van der Waals surface area contributed by atoms with Gasteiger partial charge in [0.05, 0.1) is 4.92 Å². The Morgan fingerprint density at radius 1 is 1.55 bits per heavy atom. The van der Waals surface area contributed by atoms with Gasteiger partial charge in [-0.15, -0.1) is 12.4 Å². The van der Waals surface area contributed by atoms with Gasteiger partial charge >= 0.3 is 5.97 Å². The maximum Gasteiger partial charge on any atom is 0.320 e. The minimum atomic E-state index is -0.948. The van der Waals surface area contributed by atoms with E-state index in [4.69, 9.17) is 5.11 Å². The van der Waals surface area contributed by atoms with Crippen LogP contribution in [0.3, 0.4) is 0 Å². The van der Waals surface area contributed by atoms with Gasteiger partial charge in [-0.25, -0.2) is 4.39 Å². The van der Waals surface area contributed by atoms with E-state index >= 15 is 0 Å². The summed E-state index contributed by atoms with van der Waals surface area (Å²) in [5.74, 6) is -1.51. The standard InChI is InChI=1S/C12H13FN2O4.ClH/c13-9-3-4-10(15(18)19)8(6-9)7-14-5-1-2-11(14)12(16)17;/h3-4,6,11H,1-2,5,7H2,(H,16,17);1H. The second-order valence-corrected chi connectivity index (χ2v) is 4.50. The van der Waals surface area contributed by atoms with E-state index < -0.39 is 22.8 Å². The van der Waals surface area contributed by atoms with Crippen molar-refractivity contribution in [1.29, 1.82) is 0 Å². The number of hydrogen-bond donors (Lipinski definition) is 1. The van der Waals surface area contributed by atoms with Crippen LogP contribution in [0, 0.1) is 15.9 Å². The van der Waals surface area contributed by atoms with E-state index in [1.807, 2.05) is 0 Å². The van der Waals surface area contributed by atoms with Crippen molar-refractivity contribution in [3.8, 4) is 0 Å². The SMILES string of the molecule is Cl.O=C(O)C1CCCN1Cc1cc(F)ccc1[N+](=O)[O-]. The van der Waals surface area contributed by atoms with E-state index in [9.17, 15) is 19.3 Å². The zero-order valence-corrected chi connectivity index (χ0v) is 11.3. The number of aliphatic carboxylic acids is 1. The Hall–Kier alpha value is -1.73. The van der Waals surface area contributed by atoms with Gasteiger partial charge in [0.15, 0.2) is 0 Å². The Kier molecular flexibility index (Phi) is 5.41. The van der Waals surface area contributed by atoms with Crippen LogP contribution in [-0.2, 0) is 11.3 Å². The molecule has 1 aliphatic heterocycles. The minimum Gasteiger partial charge on any atom is -0.480 e. The Bertz CT molecular complexity index is 526. The van der Waals surface area contributed by atoms with Crippen molar-refractivity contribution in [1.82, 2.24) is 4.90 Å². The van der Waals surface area contributed by atoms with E-state index in [-0.39, 0.29) is 30.2 Å². The quantitative estimate of drug-likeness (QED) is 0.681. The predicted molar refractivity (Wildman–Crippen MR) is 71.4 cm³/mol. The number of nitro groups is 1. The topological polar surface area (TPSA) is 83.7 Å². The number of likely N-dealkylation sites (tertiary alicyclic amines) is 1. The van der Waals surface area contributed by atoms with Crippen molar-refractivity contribution < 1.29 is 19.2 Å². The summed E-state index contributed by atoms with van der Waals surface area (Å²) in [6.07, 6.45) is 1.23. The minimum absolute atomic E-state index is 0. The summed E-state index contributed by atoms with van der Waals surface area (Å²) < 4.78 is 13.2. The fraction of sp³-hybridized carbons (Fsp3) is 0.417. The lowest BCUT2D eigenvalue weighted by Gasteiger charge is -2.20. The summed E-state index contributed by atoms with van der Waals surface area (Å²) in [4.78, 5) is 23.0. The average molecular weight is 305 g/mol. The van der Waals surface area contributed by atoms with E-state index in [1.165, 1.54) is 0 Å². The third-order valence-corrected chi connectivity index (χ3v) is 3.26. The van der Waals surface area contributed by atoms with Crippen LogP contribution in [0.1, 0.15) is 18.4 Å². The number of carbonyl (C=O) groups is 1. The van der Waals surface area contributed by atoms with E-state index in [0.717, 1.165) is 24.6 Å². The highest BCUT2D eigenvalue weighted by molar-refractivity contribution is 5.85. The summed E-state index contributed by atoms with van der Waals surface area (Å²) in [5, 5.41) is 19.9. The van der Waals surface area contributed by atoms with Crippen LogP contribution in [0.4, 0.5) is 10.1 Å². The van der Waals surface area contributed by atoms with Gasteiger partial charge in [0, 0.05) is 18.2 Å². The van der Waals surface area contributed by atoms with Crippen LogP contribution in [0.15, 0.2) is 18.2 Å². The van der Waals surface area contributed by atoms with Gasteiger partial charge in [0.25, 0.3) is 5.69 Å². The molecule has 0 aliphatic carbocycles. The van der Waals surface area contributed by atoms with Gasteiger partial charge in [-0.05, 0) is 31.5 Å². The molecule has 110 valence electrons. The molecule has 0 bridgehead atoms. The van der Waals surface area contributed by atoms with Crippen molar-refractivity contribution in [2.24, 2.45) is 0 Å². The van der Waals surface area contributed by atoms with Crippen LogP contribution in [0.25, 0.3) is 0 Å². The molecule has 1 aromatic rings. The highest BCUT2D eigenvalue weighted by atomic mass is 35.5. The molecule has 0 amide bonds. The first-order valence-corrected chi connectivity index (χ1v) is 5.88. The Labute approximate surface area is 120 Å². The number of hydrogen-bond acceptors (Lipinski definition) is 4. The first-order chi connectivity index (χ1) is 8.99. The Balaban J connectivity index is 0.00000200. The molecule has 1 unspecified atom stereocenters. The van der Waals surface area contributed by atoms with Crippen LogP contribution < -0.4 is 0 Å². The average Bonchev–Trinajstić information content (AvgIpc) is 2.76.